The van der Waals surface area contributed by atoms with Gasteiger partial charge >= 0.3 is 0 Å². The number of nitrogens with one attached hydrogen (secondary N) is 1. The number of benzene rings is 2. The molecular weight excluding hydrogens is 400 g/mol. The number of sulfonamides is 1. The lowest BCUT2D eigenvalue weighted by atomic mass is 9.99. The van der Waals surface area contributed by atoms with Crippen LogP contribution in [0, 0.1) is 0 Å². The van der Waals surface area contributed by atoms with Crippen molar-refractivity contribution in [3.05, 3.63) is 53.9 Å². The van der Waals surface area contributed by atoms with E-state index in [0.29, 0.717) is 31.0 Å². The van der Waals surface area contributed by atoms with Gasteiger partial charge in [-0.3, -0.25) is 4.79 Å². The van der Waals surface area contributed by atoms with Gasteiger partial charge in [0.25, 0.3) is 0 Å². The largest absolute Gasteiger partial charge is 0.342 e. The molecule has 2 aromatic carbocycles. The Morgan fingerprint density at radius 2 is 2.00 bits per heavy atom. The number of anilines is 1. The zero-order valence-corrected chi connectivity index (χ0v) is 17.7. The van der Waals surface area contributed by atoms with E-state index in [1.165, 1.54) is 6.92 Å². The lowest BCUT2D eigenvalue weighted by Crippen LogP contribution is -2.39. The molecule has 1 saturated heterocycles. The average Bonchev–Trinajstić information content (AvgIpc) is 3.37. The molecule has 2 aliphatic heterocycles. The van der Waals surface area contributed by atoms with Crippen molar-refractivity contribution < 1.29 is 13.2 Å². The molecule has 0 spiro atoms. The van der Waals surface area contributed by atoms with Crippen molar-refractivity contribution in [1.82, 2.24) is 14.3 Å². The summed E-state index contributed by atoms with van der Waals surface area (Å²) >= 11 is 0. The van der Waals surface area contributed by atoms with Crippen molar-refractivity contribution in [3.63, 3.8) is 0 Å². The molecule has 0 aliphatic carbocycles. The smallest absolute Gasteiger partial charge is 0.243 e. The second kappa shape index (κ2) is 7.21. The molecule has 156 valence electrons. The van der Waals surface area contributed by atoms with Crippen LogP contribution in [0.2, 0.25) is 0 Å². The molecule has 0 unspecified atom stereocenters. The molecule has 1 amide bonds. The molecule has 0 saturated carbocycles. The highest BCUT2D eigenvalue weighted by Gasteiger charge is 2.33. The quantitative estimate of drug-likeness (QED) is 0.700. The molecule has 5 rings (SSSR count). The highest BCUT2D eigenvalue weighted by Crippen LogP contribution is 2.34. The van der Waals surface area contributed by atoms with Gasteiger partial charge in [0.15, 0.2) is 0 Å². The third-order valence-corrected chi connectivity index (χ3v) is 8.00. The van der Waals surface area contributed by atoms with E-state index in [2.05, 4.69) is 9.97 Å². The first-order valence-electron chi connectivity index (χ1n) is 10.3. The Morgan fingerprint density at radius 1 is 1.17 bits per heavy atom. The van der Waals surface area contributed by atoms with E-state index >= 15 is 0 Å². The number of piperidine rings is 1. The van der Waals surface area contributed by atoms with Crippen molar-refractivity contribution in [3.8, 4) is 0 Å². The number of nitrogens with zero attached hydrogens (tertiary/aromatic N) is 3. The van der Waals surface area contributed by atoms with Crippen molar-refractivity contribution in [2.45, 2.75) is 37.0 Å². The summed E-state index contributed by atoms with van der Waals surface area (Å²) in [6, 6.07) is 13.0. The molecule has 8 heteroatoms. The second-order valence-corrected chi connectivity index (χ2v) is 9.99. The van der Waals surface area contributed by atoms with Crippen LogP contribution in [0.15, 0.2) is 47.4 Å². The maximum absolute atomic E-state index is 13.4. The molecule has 1 aromatic heterocycles. The molecule has 1 N–H and O–H groups in total. The van der Waals surface area contributed by atoms with E-state index in [9.17, 15) is 13.2 Å². The number of amides is 1. The van der Waals surface area contributed by atoms with E-state index in [1.807, 2.05) is 24.3 Å². The van der Waals surface area contributed by atoms with Crippen LogP contribution in [0.4, 0.5) is 5.69 Å². The summed E-state index contributed by atoms with van der Waals surface area (Å²) in [7, 11) is -3.60. The standard InChI is InChI=1S/C22H24N4O3S/c1-15(27)26-12-10-16-13-18(8-9-21(16)26)30(28,29)25-11-4-5-17(14-25)22-23-19-6-2-3-7-20(19)24-22/h2-3,6-9,13,17H,4-5,10-12,14H2,1H3,(H,23,24)/t17-/m0/s1. The topological polar surface area (TPSA) is 86.4 Å². The van der Waals surface area contributed by atoms with Crippen LogP contribution >= 0.6 is 0 Å². The number of hydrogen-bond acceptors (Lipinski definition) is 4. The lowest BCUT2D eigenvalue weighted by Gasteiger charge is -2.31. The maximum atomic E-state index is 13.4. The van der Waals surface area contributed by atoms with Crippen LogP contribution in [0.3, 0.4) is 0 Å². The molecule has 1 fully saturated rings. The van der Waals surface area contributed by atoms with E-state index < -0.39 is 10.0 Å². The maximum Gasteiger partial charge on any atom is 0.243 e. The van der Waals surface area contributed by atoms with Crippen LogP contribution in [0.5, 0.6) is 0 Å². The van der Waals surface area contributed by atoms with Gasteiger partial charge in [-0.1, -0.05) is 12.1 Å². The highest BCUT2D eigenvalue weighted by atomic mass is 32.2. The minimum Gasteiger partial charge on any atom is -0.342 e. The number of hydrogen-bond donors (Lipinski definition) is 1. The molecule has 0 radical (unpaired) electrons. The minimum absolute atomic E-state index is 0.0194. The van der Waals surface area contributed by atoms with Gasteiger partial charge in [-0.05, 0) is 55.2 Å². The molecule has 30 heavy (non-hydrogen) atoms. The number of rotatable bonds is 3. The summed E-state index contributed by atoms with van der Waals surface area (Å²) in [5.74, 6) is 0.875. The van der Waals surface area contributed by atoms with Gasteiger partial charge in [-0.2, -0.15) is 4.31 Å². The molecule has 1 atom stereocenters. The predicted molar refractivity (Wildman–Crippen MR) is 115 cm³/mol. The first kappa shape index (κ1) is 19.3. The first-order chi connectivity index (χ1) is 14.4. The number of aromatic amines is 1. The van der Waals surface area contributed by atoms with Crippen LogP contribution < -0.4 is 4.90 Å². The second-order valence-electron chi connectivity index (χ2n) is 8.05. The molecular formula is C22H24N4O3S. The van der Waals surface area contributed by atoms with Gasteiger partial charge in [0.05, 0.1) is 15.9 Å². The fraction of sp³-hybridized carbons (Fsp3) is 0.364. The van der Waals surface area contributed by atoms with Gasteiger partial charge in [0, 0.05) is 38.2 Å². The lowest BCUT2D eigenvalue weighted by molar-refractivity contribution is -0.116. The van der Waals surface area contributed by atoms with Crippen molar-refractivity contribution >= 4 is 32.7 Å². The van der Waals surface area contributed by atoms with Crippen LogP contribution in [0.1, 0.15) is 37.1 Å². The minimum atomic E-state index is -3.60. The third-order valence-electron chi connectivity index (χ3n) is 6.14. The van der Waals surface area contributed by atoms with E-state index in [4.69, 9.17) is 0 Å². The van der Waals surface area contributed by atoms with Gasteiger partial charge in [0.1, 0.15) is 5.82 Å². The average molecular weight is 425 g/mol. The summed E-state index contributed by atoms with van der Waals surface area (Å²) in [5, 5.41) is 0. The number of imidazole rings is 1. The molecule has 0 bridgehead atoms. The Kier molecular flexibility index (Phi) is 4.63. The van der Waals surface area contributed by atoms with Crippen LogP contribution in [-0.2, 0) is 21.2 Å². The molecule has 2 aliphatic rings. The third kappa shape index (κ3) is 3.20. The van der Waals surface area contributed by atoms with Gasteiger partial charge in [-0.15, -0.1) is 0 Å². The van der Waals surface area contributed by atoms with Gasteiger partial charge in [0.2, 0.25) is 15.9 Å². The normalized spacial score (nSPS) is 19.9. The predicted octanol–water partition coefficient (Wildman–Crippen LogP) is 3.04. The van der Waals surface area contributed by atoms with Crippen molar-refractivity contribution in [1.29, 1.82) is 0 Å². The van der Waals surface area contributed by atoms with E-state index in [1.54, 1.807) is 27.4 Å². The van der Waals surface area contributed by atoms with Crippen LogP contribution in [-0.4, -0.2) is 48.2 Å². The van der Waals surface area contributed by atoms with E-state index in [0.717, 1.165) is 41.0 Å². The SMILES string of the molecule is CC(=O)N1CCc2cc(S(=O)(=O)N3CCC[C@H](c4nc5ccccc5[nH]4)C3)ccc21. The number of carbonyl (C=O) groups excluding carboxylic acids is 1. The van der Waals surface area contributed by atoms with Gasteiger partial charge in [-0.25, -0.2) is 13.4 Å². The zero-order valence-electron chi connectivity index (χ0n) is 16.8. The van der Waals surface area contributed by atoms with Gasteiger partial charge < -0.3 is 9.88 Å². The number of carbonyl (C=O) groups is 1. The van der Waals surface area contributed by atoms with Crippen LogP contribution in [0.25, 0.3) is 11.0 Å². The number of para-hydroxylation sites is 2. The Balaban J connectivity index is 1.41. The fourth-order valence-electron chi connectivity index (χ4n) is 4.56. The van der Waals surface area contributed by atoms with Crippen molar-refractivity contribution in [2.24, 2.45) is 0 Å². The Hall–Kier alpha value is -2.71. The Morgan fingerprint density at radius 3 is 2.80 bits per heavy atom. The summed E-state index contributed by atoms with van der Waals surface area (Å²) in [6.45, 7) is 3.06. The zero-order chi connectivity index (χ0) is 20.9. The highest BCUT2D eigenvalue weighted by molar-refractivity contribution is 7.89. The molecule has 7 nitrogen and oxygen atoms in total. The monoisotopic (exact) mass is 424 g/mol. The number of fused-ring (bicyclic) bond motifs is 2. The summed E-state index contributed by atoms with van der Waals surface area (Å²) < 4.78 is 28.3. The summed E-state index contributed by atoms with van der Waals surface area (Å²) in [6.07, 6.45) is 2.38. The van der Waals surface area contributed by atoms with Crippen molar-refractivity contribution in [2.75, 3.05) is 24.5 Å². The molecule has 3 heterocycles. The Labute approximate surface area is 175 Å². The number of aromatic nitrogens is 2. The first-order valence-corrected chi connectivity index (χ1v) is 11.7. The van der Waals surface area contributed by atoms with E-state index in [-0.39, 0.29) is 11.8 Å². The number of H-pyrrole nitrogens is 1. The molecule has 3 aromatic rings. The summed E-state index contributed by atoms with van der Waals surface area (Å²) in [5.41, 5.74) is 3.61. The fourth-order valence-corrected chi connectivity index (χ4v) is 6.14. The Bertz CT molecular complexity index is 1200. The summed E-state index contributed by atoms with van der Waals surface area (Å²) in [4.78, 5) is 21.8.